The van der Waals surface area contributed by atoms with E-state index in [-0.39, 0.29) is 6.10 Å². The Morgan fingerprint density at radius 2 is 2.36 bits per heavy atom. The molecule has 1 fully saturated rings. The molecule has 78 valence electrons. The van der Waals surface area contributed by atoms with Crippen molar-refractivity contribution in [3.05, 3.63) is 11.7 Å². The molecule has 14 heavy (non-hydrogen) atoms. The fourth-order valence-corrected chi connectivity index (χ4v) is 1.38. The highest BCUT2D eigenvalue weighted by atomic mass is 35.5. The number of alkyl halides is 1. The Hall–Kier alpha value is -0.650. The number of ether oxygens (including phenoxy) is 2. The van der Waals surface area contributed by atoms with Crippen molar-refractivity contribution in [2.45, 2.75) is 12.5 Å². The van der Waals surface area contributed by atoms with Crippen molar-refractivity contribution in [3.8, 4) is 0 Å². The quantitative estimate of drug-likeness (QED) is 0.707. The van der Waals surface area contributed by atoms with E-state index in [1.54, 1.807) is 0 Å². The smallest absolute Gasteiger partial charge is 0.227 e. The largest absolute Gasteiger partial charge is 0.376 e. The lowest BCUT2D eigenvalue weighted by atomic mass is 10.3. The second-order valence-corrected chi connectivity index (χ2v) is 3.30. The minimum absolute atomic E-state index is 0.198. The van der Waals surface area contributed by atoms with Crippen molar-refractivity contribution in [1.29, 1.82) is 0 Å². The Labute approximate surface area is 86.3 Å². The zero-order valence-electron chi connectivity index (χ0n) is 7.61. The van der Waals surface area contributed by atoms with E-state index in [1.807, 2.05) is 0 Å². The van der Waals surface area contributed by atoms with Gasteiger partial charge in [-0.25, -0.2) is 0 Å². The summed E-state index contributed by atoms with van der Waals surface area (Å²) < 4.78 is 15.6. The molecule has 0 aromatic carbocycles. The Bertz CT molecular complexity index is 286. The van der Waals surface area contributed by atoms with Crippen molar-refractivity contribution in [3.63, 3.8) is 0 Å². The number of halogens is 1. The molecular weight excluding hydrogens is 208 g/mol. The first-order valence-corrected chi connectivity index (χ1v) is 5.01. The topological polar surface area (TPSA) is 57.4 Å². The molecule has 1 aliphatic rings. The predicted molar refractivity (Wildman–Crippen MR) is 48.2 cm³/mol. The lowest BCUT2D eigenvalue weighted by Gasteiger charge is -2.19. The zero-order valence-corrected chi connectivity index (χ0v) is 8.37. The lowest BCUT2D eigenvalue weighted by molar-refractivity contribution is -0.0941. The molecular formula is C8H11ClN2O3. The van der Waals surface area contributed by atoms with E-state index in [0.717, 1.165) is 0 Å². The number of rotatable bonds is 3. The first-order valence-electron chi connectivity index (χ1n) is 4.48. The average molecular weight is 219 g/mol. The maximum absolute atomic E-state index is 5.55. The van der Waals surface area contributed by atoms with Gasteiger partial charge in [0.15, 0.2) is 0 Å². The van der Waals surface area contributed by atoms with Crippen molar-refractivity contribution in [2.24, 2.45) is 0 Å². The number of nitrogens with zero attached hydrogens (tertiary/aromatic N) is 2. The monoisotopic (exact) mass is 218 g/mol. The van der Waals surface area contributed by atoms with Crippen LogP contribution in [0.15, 0.2) is 4.52 Å². The first kappa shape index (κ1) is 9.89. The number of aryl methyl sites for hydroxylation is 1. The van der Waals surface area contributed by atoms with E-state index >= 15 is 0 Å². The Morgan fingerprint density at radius 1 is 1.43 bits per heavy atom. The third kappa shape index (κ3) is 2.23. The second kappa shape index (κ2) is 4.72. The summed E-state index contributed by atoms with van der Waals surface area (Å²) in [5.41, 5.74) is 0. The number of aromatic nitrogens is 2. The van der Waals surface area contributed by atoms with E-state index in [2.05, 4.69) is 10.1 Å². The summed E-state index contributed by atoms with van der Waals surface area (Å²) in [6.07, 6.45) is 0.388. The van der Waals surface area contributed by atoms with Crippen molar-refractivity contribution in [2.75, 3.05) is 25.7 Å². The molecule has 0 radical (unpaired) electrons. The van der Waals surface area contributed by atoms with Gasteiger partial charge in [0.05, 0.1) is 19.8 Å². The summed E-state index contributed by atoms with van der Waals surface area (Å²) in [5, 5.41) is 3.81. The third-order valence-electron chi connectivity index (χ3n) is 1.90. The van der Waals surface area contributed by atoms with E-state index < -0.39 is 0 Å². The summed E-state index contributed by atoms with van der Waals surface area (Å²) in [7, 11) is 0. The molecule has 0 bridgehead atoms. The standard InChI is InChI=1S/C8H11ClN2O3/c9-2-1-7-10-8(11-14-7)6-5-12-3-4-13-6/h6H,1-5H2. The van der Waals surface area contributed by atoms with Crippen LogP contribution in [0.5, 0.6) is 0 Å². The minimum atomic E-state index is -0.198. The van der Waals surface area contributed by atoms with Crippen LogP contribution in [0.3, 0.4) is 0 Å². The van der Waals surface area contributed by atoms with Gasteiger partial charge < -0.3 is 14.0 Å². The summed E-state index contributed by atoms with van der Waals surface area (Å²) in [5.74, 6) is 1.57. The van der Waals surface area contributed by atoms with E-state index in [1.165, 1.54) is 0 Å². The van der Waals surface area contributed by atoms with Gasteiger partial charge in [0.25, 0.3) is 0 Å². The third-order valence-corrected chi connectivity index (χ3v) is 2.09. The molecule has 0 N–H and O–H groups in total. The molecule has 0 spiro atoms. The SMILES string of the molecule is ClCCc1nc(C2COCCO2)no1. The van der Waals surface area contributed by atoms with Gasteiger partial charge in [-0.05, 0) is 0 Å². The van der Waals surface area contributed by atoms with Crippen LogP contribution in [0.1, 0.15) is 17.8 Å². The Morgan fingerprint density at radius 3 is 3.07 bits per heavy atom. The van der Waals surface area contributed by atoms with Crippen LogP contribution >= 0.6 is 11.6 Å². The lowest BCUT2D eigenvalue weighted by Crippen LogP contribution is -2.22. The van der Waals surface area contributed by atoms with Gasteiger partial charge in [0.1, 0.15) is 6.10 Å². The highest BCUT2D eigenvalue weighted by Gasteiger charge is 2.21. The zero-order chi connectivity index (χ0) is 9.80. The summed E-state index contributed by atoms with van der Waals surface area (Å²) in [6, 6.07) is 0. The fraction of sp³-hybridized carbons (Fsp3) is 0.750. The van der Waals surface area contributed by atoms with Gasteiger partial charge in [-0.3, -0.25) is 0 Å². The summed E-state index contributed by atoms with van der Waals surface area (Å²) in [6.45, 7) is 1.69. The van der Waals surface area contributed by atoms with E-state index in [9.17, 15) is 0 Å². The maximum atomic E-state index is 5.55. The molecule has 2 heterocycles. The molecule has 1 aromatic rings. The number of hydrogen-bond acceptors (Lipinski definition) is 5. The molecule has 6 heteroatoms. The first-order chi connectivity index (χ1) is 6.90. The van der Waals surface area contributed by atoms with Gasteiger partial charge in [-0.15, -0.1) is 11.6 Å². The normalized spacial score (nSPS) is 22.5. The van der Waals surface area contributed by atoms with E-state index in [0.29, 0.717) is 43.8 Å². The molecule has 0 amide bonds. The van der Waals surface area contributed by atoms with Crippen LogP contribution in [-0.2, 0) is 15.9 Å². The maximum Gasteiger partial charge on any atom is 0.227 e. The van der Waals surface area contributed by atoms with Gasteiger partial charge >= 0.3 is 0 Å². The Balaban J connectivity index is 2.00. The molecule has 1 aliphatic heterocycles. The second-order valence-electron chi connectivity index (χ2n) is 2.92. The molecule has 2 rings (SSSR count). The molecule has 0 aliphatic carbocycles. The van der Waals surface area contributed by atoms with Gasteiger partial charge in [-0.1, -0.05) is 5.16 Å². The molecule has 0 saturated carbocycles. The van der Waals surface area contributed by atoms with Crippen LogP contribution in [-0.4, -0.2) is 35.8 Å². The van der Waals surface area contributed by atoms with Crippen molar-refractivity contribution >= 4 is 11.6 Å². The average Bonchev–Trinajstić information content (AvgIpc) is 2.68. The summed E-state index contributed by atoms with van der Waals surface area (Å²) >= 11 is 5.55. The predicted octanol–water partition coefficient (Wildman–Crippen LogP) is 0.939. The molecule has 1 saturated heterocycles. The minimum Gasteiger partial charge on any atom is -0.376 e. The Kier molecular flexibility index (Phi) is 3.34. The molecule has 5 nitrogen and oxygen atoms in total. The van der Waals surface area contributed by atoms with Gasteiger partial charge in [-0.2, -0.15) is 4.98 Å². The molecule has 1 unspecified atom stereocenters. The van der Waals surface area contributed by atoms with Gasteiger partial charge in [0, 0.05) is 12.3 Å². The highest BCUT2D eigenvalue weighted by molar-refractivity contribution is 6.17. The summed E-state index contributed by atoms with van der Waals surface area (Å²) in [4.78, 5) is 4.16. The fourth-order valence-electron chi connectivity index (χ4n) is 1.22. The van der Waals surface area contributed by atoms with E-state index in [4.69, 9.17) is 25.6 Å². The highest BCUT2D eigenvalue weighted by Crippen LogP contribution is 2.17. The number of hydrogen-bond donors (Lipinski definition) is 0. The van der Waals surface area contributed by atoms with Crippen molar-refractivity contribution < 1.29 is 14.0 Å². The molecule has 1 atom stereocenters. The van der Waals surface area contributed by atoms with Gasteiger partial charge in [0.2, 0.25) is 11.7 Å². The van der Waals surface area contributed by atoms with Crippen LogP contribution in [0, 0.1) is 0 Å². The molecule has 1 aromatic heterocycles. The van der Waals surface area contributed by atoms with Crippen LogP contribution in [0.25, 0.3) is 0 Å². The van der Waals surface area contributed by atoms with Crippen molar-refractivity contribution in [1.82, 2.24) is 10.1 Å². The van der Waals surface area contributed by atoms with Crippen LogP contribution in [0.4, 0.5) is 0 Å². The van der Waals surface area contributed by atoms with Crippen LogP contribution in [0.2, 0.25) is 0 Å². The van der Waals surface area contributed by atoms with Crippen LogP contribution < -0.4 is 0 Å².